The van der Waals surface area contributed by atoms with Crippen LogP contribution in [-0.4, -0.2) is 0 Å². The van der Waals surface area contributed by atoms with Crippen molar-refractivity contribution in [2.45, 2.75) is 192 Å². The molecule has 1 fully saturated rings. The van der Waals surface area contributed by atoms with Crippen LogP contribution in [0.1, 0.15) is 221 Å². The normalized spacial score (nSPS) is 18.0. The molecule has 0 saturated carbocycles. The smallest absolute Gasteiger partial charge is 0.143 e. The first-order valence-corrected chi connectivity index (χ1v) is 45.1. The van der Waals surface area contributed by atoms with E-state index in [0.717, 1.165) is 91.4 Å². The Bertz CT molecular complexity index is 6640. The second-order valence-corrected chi connectivity index (χ2v) is 38.2. The third kappa shape index (κ3) is 11.1. The molecule has 1 saturated heterocycles. The van der Waals surface area contributed by atoms with Gasteiger partial charge in [-0.05, 0) is 225 Å². The second kappa shape index (κ2) is 28.2. The Hall–Kier alpha value is -11.8. The maximum atomic E-state index is 7.36. The monoisotopic (exact) mass is 1560 g/mol. The van der Waals surface area contributed by atoms with Gasteiger partial charge in [-0.3, -0.25) is 0 Å². The molecule has 1 aromatic heterocycles. The first-order valence-electron chi connectivity index (χ1n) is 45.1. The van der Waals surface area contributed by atoms with E-state index in [0.29, 0.717) is 0 Å². The Morgan fingerprint density at radius 2 is 0.842 bits per heavy atom. The van der Waals surface area contributed by atoms with E-state index in [9.17, 15) is 0 Å². The molecule has 22 rings (SSSR count). The van der Waals surface area contributed by atoms with Gasteiger partial charge in [0.05, 0.1) is 11.6 Å². The highest BCUT2D eigenvalue weighted by molar-refractivity contribution is 6.19. The predicted molar refractivity (Wildman–Crippen MR) is 503 cm³/mol. The van der Waals surface area contributed by atoms with Gasteiger partial charge in [0.25, 0.3) is 0 Å². The topological polar surface area (TPSA) is 25.6 Å². The molecular weight excluding hydrogens is 1450 g/mol. The van der Waals surface area contributed by atoms with Crippen molar-refractivity contribution >= 4 is 44.6 Å². The molecule has 0 N–H and O–H groups in total. The maximum Gasteiger partial charge on any atom is 0.143 e. The molecule has 2 unspecified atom stereocenters. The Morgan fingerprint density at radius 3 is 1.50 bits per heavy atom. The minimum Gasteiger partial charge on any atom is -0.460 e. The third-order valence-corrected chi connectivity index (χ3v) is 30.0. The van der Waals surface area contributed by atoms with Gasteiger partial charge < -0.3 is 14.1 Å². The van der Waals surface area contributed by atoms with Crippen LogP contribution in [0.15, 0.2) is 318 Å². The minimum atomic E-state index is -0.441. The van der Waals surface area contributed by atoms with Gasteiger partial charge in [0, 0.05) is 83.0 Å². The number of benzene rings is 13. The maximum absolute atomic E-state index is 7.36. The largest absolute Gasteiger partial charge is 0.460 e. The molecule has 2 atom stereocenters. The zero-order valence-electron chi connectivity index (χ0n) is 71.5. The summed E-state index contributed by atoms with van der Waals surface area (Å²) >= 11 is 0. The molecule has 3 heteroatoms. The van der Waals surface area contributed by atoms with E-state index in [2.05, 4.69) is 359 Å². The van der Waals surface area contributed by atoms with Crippen molar-refractivity contribution < 1.29 is 9.15 Å². The van der Waals surface area contributed by atoms with Crippen molar-refractivity contribution in [1.82, 2.24) is 0 Å². The summed E-state index contributed by atoms with van der Waals surface area (Å²) in [6.07, 6.45) is 22.3. The quantitative estimate of drug-likeness (QED) is 0.0711. The van der Waals surface area contributed by atoms with Crippen LogP contribution in [0.4, 0.5) is 17.1 Å². The molecule has 0 amide bonds. The number of allylic oxidation sites excluding steroid dienone is 7. The molecular formula is C117H107NO2. The number of fused-ring (bicyclic) bond motifs is 23. The average Bonchev–Trinajstić information content (AvgIpc) is 1.96. The molecule has 13 aromatic carbocycles. The van der Waals surface area contributed by atoms with Crippen molar-refractivity contribution in [3.8, 4) is 89.0 Å². The molecule has 14 aromatic rings. The van der Waals surface area contributed by atoms with Crippen LogP contribution in [0.5, 0.6) is 0 Å². The van der Waals surface area contributed by atoms with Crippen LogP contribution < -0.4 is 4.90 Å². The summed E-state index contributed by atoms with van der Waals surface area (Å²) in [5.74, 6) is 2.50. The van der Waals surface area contributed by atoms with E-state index in [1.165, 1.54) is 199 Å². The SMILES string of the molecule is CCCCCCCC1(CCCCCCC)c2ccccc2-c2ccc(-c3ccc4c(c3)C(C)(C)c3cc(-c5ccc(-c6cc7c(c8c6oc6ccccc68)-c6ccc(N(c8ccc9c(c8)C(C)(C)C8=C%10C(c%11ccccc%11C%10(C)C)C%10C%11=CCCC=C%11OC%10=C89)c8c(-c9ccccc9)cccc8-c8ccccc8)cc6C7(C)C)cc5)ccc3-4)cc21. The zero-order chi connectivity index (χ0) is 81.3. The number of anilines is 3. The van der Waals surface area contributed by atoms with E-state index >= 15 is 0 Å². The summed E-state index contributed by atoms with van der Waals surface area (Å²) in [5, 5.41) is 2.30. The van der Waals surface area contributed by atoms with E-state index < -0.39 is 5.41 Å². The van der Waals surface area contributed by atoms with Crippen molar-refractivity contribution in [3.05, 3.63) is 369 Å². The van der Waals surface area contributed by atoms with Crippen LogP contribution in [-0.2, 0) is 31.8 Å². The molecule has 0 radical (unpaired) electrons. The first kappa shape index (κ1) is 74.5. The summed E-state index contributed by atoms with van der Waals surface area (Å²) < 4.78 is 14.6. The predicted octanol–water partition coefficient (Wildman–Crippen LogP) is 32.6. The second-order valence-electron chi connectivity index (χ2n) is 38.2. The number of unbranched alkanes of at least 4 members (excludes halogenated alkanes) is 8. The van der Waals surface area contributed by atoms with E-state index in [4.69, 9.17) is 9.15 Å². The Kier molecular flexibility index (Phi) is 17.5. The molecule has 7 aliphatic carbocycles. The van der Waals surface area contributed by atoms with Gasteiger partial charge in [-0.25, -0.2) is 0 Å². The fourth-order valence-electron chi connectivity index (χ4n) is 24.1. The van der Waals surface area contributed by atoms with Crippen LogP contribution in [0.2, 0.25) is 0 Å². The van der Waals surface area contributed by atoms with Crippen LogP contribution in [0.25, 0.3) is 117 Å². The summed E-state index contributed by atoms with van der Waals surface area (Å²) in [4.78, 5) is 2.62. The number of rotatable bonds is 20. The molecule has 592 valence electrons. The molecule has 8 aliphatic rings. The highest BCUT2D eigenvalue weighted by Crippen LogP contribution is 2.70. The summed E-state index contributed by atoms with van der Waals surface area (Å²) in [6.45, 7) is 24.5. The molecule has 3 nitrogen and oxygen atoms in total. The highest BCUT2D eigenvalue weighted by Gasteiger charge is 2.59. The first-order chi connectivity index (χ1) is 58.5. The van der Waals surface area contributed by atoms with Gasteiger partial charge in [0.1, 0.15) is 22.7 Å². The number of ether oxygens (including phenoxy) is 1. The van der Waals surface area contributed by atoms with Crippen molar-refractivity contribution in [3.63, 3.8) is 0 Å². The van der Waals surface area contributed by atoms with E-state index in [-0.39, 0.29) is 33.5 Å². The van der Waals surface area contributed by atoms with Crippen LogP contribution in [0, 0.1) is 5.92 Å². The number of para-hydroxylation sites is 2. The van der Waals surface area contributed by atoms with E-state index in [1.807, 2.05) is 0 Å². The molecule has 2 heterocycles. The van der Waals surface area contributed by atoms with Crippen molar-refractivity contribution in [1.29, 1.82) is 0 Å². The zero-order valence-corrected chi connectivity index (χ0v) is 71.5. The lowest BCUT2D eigenvalue weighted by Crippen LogP contribution is -2.30. The Morgan fingerprint density at radius 1 is 0.350 bits per heavy atom. The number of hydrogen-bond acceptors (Lipinski definition) is 3. The molecule has 0 bridgehead atoms. The molecule has 1 aliphatic heterocycles. The lowest BCUT2D eigenvalue weighted by molar-refractivity contribution is 0.319. The van der Waals surface area contributed by atoms with Crippen molar-refractivity contribution in [2.24, 2.45) is 5.92 Å². The van der Waals surface area contributed by atoms with Crippen LogP contribution in [0.3, 0.4) is 0 Å². The molecule has 120 heavy (non-hydrogen) atoms. The Labute approximate surface area is 710 Å². The van der Waals surface area contributed by atoms with Gasteiger partial charge in [-0.15, -0.1) is 0 Å². The lowest BCUT2D eigenvalue weighted by Gasteiger charge is -2.38. The fraction of sp³-hybridized carbons (Fsp3) is 0.265. The highest BCUT2D eigenvalue weighted by atomic mass is 16.5. The third-order valence-electron chi connectivity index (χ3n) is 30.0. The number of hydrogen-bond donors (Lipinski definition) is 0. The summed E-state index contributed by atoms with van der Waals surface area (Å²) in [6, 6.07) is 105. The standard InChI is InChI=1S/C117H107NO2/c1-11-13-15-17-33-64-117(65-34-18-16-14-12-2)94-47-30-25-40-83(94)86-61-56-78(68-99(86)117)77-55-60-85-84-59-54-76(66-95(84)113(3,4)96(85)67-77)72-50-52-75(53-51-72)92-71-100-103(105-90-42-27-31-48-101(90)119-111(92)105)88-62-57-79(69-97(88)114(100,5)6)118(110-81(73-36-21-19-22-37-73)44-35-45-82(110)74-38-23-20-24-39-74)80-58-63-89-98(70-80)116(9,10)109-107(89)112-106(91-43-28-32-49-102(91)120-112)104-87-41-26-29-46-93(87)115(7,8)108(104)109/h19-27,29-31,35-63,66-71,104,106H,11-18,28,32-34,64-65H2,1-10H3. The van der Waals surface area contributed by atoms with Gasteiger partial charge in [-0.2, -0.15) is 0 Å². The fourth-order valence-corrected chi connectivity index (χ4v) is 24.1. The lowest BCUT2D eigenvalue weighted by atomic mass is 9.64. The number of furan rings is 1. The Balaban J connectivity index is 0.632. The molecule has 0 spiro atoms. The van der Waals surface area contributed by atoms with Crippen molar-refractivity contribution in [2.75, 3.05) is 4.90 Å². The van der Waals surface area contributed by atoms with Gasteiger partial charge in [0.15, 0.2) is 0 Å². The minimum absolute atomic E-state index is 0.0378. The summed E-state index contributed by atoms with van der Waals surface area (Å²) in [5.41, 5.74) is 43.7. The van der Waals surface area contributed by atoms with Gasteiger partial charge in [-0.1, -0.05) is 358 Å². The van der Waals surface area contributed by atoms with Crippen LogP contribution >= 0.6 is 0 Å². The van der Waals surface area contributed by atoms with Gasteiger partial charge >= 0.3 is 0 Å². The average molecular weight is 1560 g/mol. The van der Waals surface area contributed by atoms with Gasteiger partial charge in [0.2, 0.25) is 0 Å². The summed E-state index contributed by atoms with van der Waals surface area (Å²) in [7, 11) is 0. The number of nitrogens with zero attached hydrogens (tertiary/aromatic N) is 1. The van der Waals surface area contributed by atoms with E-state index in [1.54, 1.807) is 16.7 Å².